The van der Waals surface area contributed by atoms with Gasteiger partial charge in [-0.1, -0.05) is 24.6 Å². The number of ether oxygens (including phenoxy) is 1. The van der Waals surface area contributed by atoms with Crippen molar-refractivity contribution < 1.29 is 13.9 Å². The van der Waals surface area contributed by atoms with Crippen LogP contribution in [0.15, 0.2) is 24.3 Å². The van der Waals surface area contributed by atoms with Crippen molar-refractivity contribution in [3.05, 3.63) is 35.6 Å². The van der Waals surface area contributed by atoms with Crippen molar-refractivity contribution in [3.8, 4) is 0 Å². The Bertz CT molecular complexity index is 418. The predicted molar refractivity (Wildman–Crippen MR) is 66.8 cm³/mol. The molecule has 0 heterocycles. The summed E-state index contributed by atoms with van der Waals surface area (Å²) in [4.78, 5) is 11.8. The molecule has 1 aromatic rings. The van der Waals surface area contributed by atoms with E-state index < -0.39 is 11.9 Å². The summed E-state index contributed by atoms with van der Waals surface area (Å²) in [7, 11) is 1.33. The van der Waals surface area contributed by atoms with Crippen molar-refractivity contribution in [2.24, 2.45) is 0 Å². The molecule has 1 aliphatic carbocycles. The molecular formula is C14H18FNO2. The molecule has 0 aliphatic heterocycles. The fourth-order valence-corrected chi connectivity index (χ4v) is 2.12. The minimum Gasteiger partial charge on any atom is -0.469 e. The van der Waals surface area contributed by atoms with Gasteiger partial charge in [-0.15, -0.1) is 0 Å². The van der Waals surface area contributed by atoms with Crippen LogP contribution in [-0.4, -0.2) is 25.7 Å². The van der Waals surface area contributed by atoms with Crippen LogP contribution in [0, 0.1) is 5.82 Å². The Morgan fingerprint density at radius 3 is 2.78 bits per heavy atom. The second kappa shape index (κ2) is 5.96. The van der Waals surface area contributed by atoms with E-state index in [4.69, 9.17) is 4.74 Å². The predicted octanol–water partition coefficient (Wildman–Crippen LogP) is 2.22. The maximum Gasteiger partial charge on any atom is 0.314 e. The van der Waals surface area contributed by atoms with E-state index in [1.54, 1.807) is 18.2 Å². The average molecular weight is 251 g/mol. The topological polar surface area (TPSA) is 38.3 Å². The van der Waals surface area contributed by atoms with Crippen LogP contribution in [0.3, 0.4) is 0 Å². The molecule has 0 amide bonds. The third-order valence-corrected chi connectivity index (χ3v) is 3.48. The number of carbonyl (C=O) groups excluding carboxylic acids is 1. The van der Waals surface area contributed by atoms with E-state index in [0.717, 1.165) is 12.8 Å². The van der Waals surface area contributed by atoms with Crippen molar-refractivity contribution in [2.75, 3.05) is 13.7 Å². The van der Waals surface area contributed by atoms with E-state index >= 15 is 0 Å². The Balaban J connectivity index is 2.08. The lowest BCUT2D eigenvalue weighted by Crippen LogP contribution is -2.39. The lowest BCUT2D eigenvalue weighted by molar-refractivity contribution is -0.142. The smallest absolute Gasteiger partial charge is 0.314 e. The number of hydrogen-bond donors (Lipinski definition) is 1. The van der Waals surface area contributed by atoms with Gasteiger partial charge in [0.15, 0.2) is 0 Å². The van der Waals surface area contributed by atoms with Gasteiger partial charge in [0.25, 0.3) is 0 Å². The molecule has 1 aromatic carbocycles. The average Bonchev–Trinajstić information content (AvgIpc) is 2.33. The molecule has 4 heteroatoms. The van der Waals surface area contributed by atoms with E-state index in [9.17, 15) is 9.18 Å². The van der Waals surface area contributed by atoms with Crippen LogP contribution in [-0.2, 0) is 9.53 Å². The first-order valence-corrected chi connectivity index (χ1v) is 6.28. The van der Waals surface area contributed by atoms with Crippen molar-refractivity contribution >= 4 is 5.97 Å². The molecule has 1 N–H and O–H groups in total. The zero-order valence-corrected chi connectivity index (χ0v) is 10.5. The van der Waals surface area contributed by atoms with Gasteiger partial charge in [0, 0.05) is 18.2 Å². The zero-order valence-electron chi connectivity index (χ0n) is 10.5. The van der Waals surface area contributed by atoms with E-state index in [2.05, 4.69) is 5.32 Å². The van der Waals surface area contributed by atoms with Crippen LogP contribution in [0.1, 0.15) is 30.7 Å². The monoisotopic (exact) mass is 251 g/mol. The van der Waals surface area contributed by atoms with Gasteiger partial charge >= 0.3 is 5.97 Å². The molecule has 1 unspecified atom stereocenters. The first-order valence-electron chi connectivity index (χ1n) is 6.28. The fraction of sp³-hybridized carbons (Fsp3) is 0.500. The Morgan fingerprint density at radius 1 is 1.50 bits per heavy atom. The van der Waals surface area contributed by atoms with Gasteiger partial charge in [0.05, 0.1) is 13.0 Å². The molecule has 3 nitrogen and oxygen atoms in total. The number of benzene rings is 1. The molecule has 1 saturated carbocycles. The quantitative estimate of drug-likeness (QED) is 0.815. The molecule has 0 spiro atoms. The molecule has 0 bridgehead atoms. The summed E-state index contributed by atoms with van der Waals surface area (Å²) < 4.78 is 18.5. The minimum atomic E-state index is -0.572. The standard InChI is InChI=1S/C14H18FNO2/c1-18-14(17)12(9-16-10-5-4-6-10)11-7-2-3-8-13(11)15/h2-3,7-8,10,12,16H,4-6,9H2,1H3. The summed E-state index contributed by atoms with van der Waals surface area (Å²) in [5.74, 6) is -1.33. The number of esters is 1. The van der Waals surface area contributed by atoms with E-state index in [1.807, 2.05) is 0 Å². The van der Waals surface area contributed by atoms with E-state index in [0.29, 0.717) is 18.2 Å². The summed E-state index contributed by atoms with van der Waals surface area (Å²) in [6, 6.07) is 6.82. The van der Waals surface area contributed by atoms with Crippen molar-refractivity contribution in [1.29, 1.82) is 0 Å². The highest BCUT2D eigenvalue weighted by Crippen LogP contribution is 2.23. The summed E-state index contributed by atoms with van der Waals surface area (Å²) in [5, 5.41) is 3.29. The summed E-state index contributed by atoms with van der Waals surface area (Å²) in [6.45, 7) is 0.429. The number of hydrogen-bond acceptors (Lipinski definition) is 3. The van der Waals surface area contributed by atoms with Gasteiger partial charge < -0.3 is 10.1 Å². The van der Waals surface area contributed by atoms with Crippen molar-refractivity contribution in [1.82, 2.24) is 5.32 Å². The van der Waals surface area contributed by atoms with Crippen molar-refractivity contribution in [2.45, 2.75) is 31.2 Å². The van der Waals surface area contributed by atoms with Crippen LogP contribution in [0.4, 0.5) is 4.39 Å². The van der Waals surface area contributed by atoms with Gasteiger partial charge in [-0.25, -0.2) is 4.39 Å². The third-order valence-electron chi connectivity index (χ3n) is 3.48. The zero-order chi connectivity index (χ0) is 13.0. The molecule has 0 radical (unpaired) electrons. The van der Waals surface area contributed by atoms with Crippen LogP contribution in [0.5, 0.6) is 0 Å². The molecular weight excluding hydrogens is 233 g/mol. The number of rotatable bonds is 5. The number of methoxy groups -OCH3 is 1. The van der Waals surface area contributed by atoms with Crippen molar-refractivity contribution in [3.63, 3.8) is 0 Å². The first kappa shape index (κ1) is 13.0. The SMILES string of the molecule is COC(=O)C(CNC1CCC1)c1ccccc1F. The normalized spacial score (nSPS) is 17.0. The molecule has 1 atom stereocenters. The summed E-state index contributed by atoms with van der Waals surface area (Å²) in [6.07, 6.45) is 3.48. The minimum absolute atomic E-state index is 0.358. The number of halogens is 1. The molecule has 2 rings (SSSR count). The van der Waals surface area contributed by atoms with Crippen LogP contribution >= 0.6 is 0 Å². The van der Waals surface area contributed by atoms with Gasteiger partial charge in [0.1, 0.15) is 5.82 Å². The molecule has 1 aliphatic rings. The number of nitrogens with one attached hydrogen (secondary N) is 1. The van der Waals surface area contributed by atoms with Gasteiger partial charge in [-0.3, -0.25) is 4.79 Å². The highest BCUT2D eigenvalue weighted by atomic mass is 19.1. The Morgan fingerprint density at radius 2 is 2.22 bits per heavy atom. The lowest BCUT2D eigenvalue weighted by Gasteiger charge is -2.28. The van der Waals surface area contributed by atoms with Gasteiger partial charge in [-0.2, -0.15) is 0 Å². The first-order chi connectivity index (χ1) is 8.72. The highest BCUT2D eigenvalue weighted by Gasteiger charge is 2.26. The third kappa shape index (κ3) is 2.88. The Hall–Kier alpha value is -1.42. The van der Waals surface area contributed by atoms with Crippen LogP contribution in [0.2, 0.25) is 0 Å². The maximum absolute atomic E-state index is 13.7. The lowest BCUT2D eigenvalue weighted by atomic mass is 9.91. The van der Waals surface area contributed by atoms with E-state index in [1.165, 1.54) is 19.6 Å². The Kier molecular flexibility index (Phi) is 4.31. The van der Waals surface area contributed by atoms with Crippen LogP contribution in [0.25, 0.3) is 0 Å². The van der Waals surface area contributed by atoms with E-state index in [-0.39, 0.29) is 5.82 Å². The Labute approximate surface area is 106 Å². The summed E-state index contributed by atoms with van der Waals surface area (Å²) >= 11 is 0. The summed E-state index contributed by atoms with van der Waals surface area (Å²) in [5.41, 5.74) is 0.399. The molecule has 18 heavy (non-hydrogen) atoms. The number of carbonyl (C=O) groups is 1. The second-order valence-corrected chi connectivity index (χ2v) is 4.63. The maximum atomic E-state index is 13.7. The molecule has 0 saturated heterocycles. The van der Waals surface area contributed by atoms with Gasteiger partial charge in [-0.05, 0) is 18.9 Å². The molecule has 98 valence electrons. The largest absolute Gasteiger partial charge is 0.469 e. The molecule has 1 fully saturated rings. The second-order valence-electron chi connectivity index (χ2n) is 4.63. The van der Waals surface area contributed by atoms with Gasteiger partial charge in [0.2, 0.25) is 0 Å². The molecule has 0 aromatic heterocycles. The highest BCUT2D eigenvalue weighted by molar-refractivity contribution is 5.78. The fourth-order valence-electron chi connectivity index (χ4n) is 2.12. The van der Waals surface area contributed by atoms with Crippen LogP contribution < -0.4 is 5.32 Å².